The van der Waals surface area contributed by atoms with Gasteiger partial charge < -0.3 is 14.1 Å². The first-order valence-electron chi connectivity index (χ1n) is 12.2. The Kier molecular flexibility index (Phi) is 6.14. The van der Waals surface area contributed by atoms with Crippen molar-refractivity contribution in [2.24, 2.45) is 0 Å². The van der Waals surface area contributed by atoms with Crippen molar-refractivity contribution in [2.75, 3.05) is 19.7 Å². The Labute approximate surface area is 200 Å². The zero-order valence-corrected chi connectivity index (χ0v) is 20.2. The third-order valence-electron chi connectivity index (χ3n) is 6.84. The van der Waals surface area contributed by atoms with Crippen LogP contribution >= 0.6 is 0 Å². The summed E-state index contributed by atoms with van der Waals surface area (Å²) in [4.78, 5) is 14.9. The lowest BCUT2D eigenvalue weighted by Crippen LogP contribution is -2.34. The molecule has 1 fully saturated rings. The number of furan rings is 1. The SMILES string of the molecule is CCOc1c(/C(C)=C/C(=O)N2CCCCC2)cc2c(-c3cccc4ccccc34)coc2c1C. The van der Waals surface area contributed by atoms with Gasteiger partial charge in [0.1, 0.15) is 11.3 Å². The van der Waals surface area contributed by atoms with E-state index in [4.69, 9.17) is 9.15 Å². The standard InChI is InChI=1S/C30H31NO3/c1-4-33-29-21(3)30-26(18-25(29)20(2)17-28(32)31-15-8-5-9-16-31)27(19-34-30)24-14-10-12-22-11-6-7-13-23(22)24/h6-7,10-14,17-19H,4-5,8-9,15-16H2,1-3H3/b20-17+. The van der Waals surface area contributed by atoms with Crippen molar-refractivity contribution in [1.29, 1.82) is 0 Å². The molecule has 3 aromatic carbocycles. The van der Waals surface area contributed by atoms with E-state index in [1.807, 2.05) is 31.9 Å². The molecule has 34 heavy (non-hydrogen) atoms. The normalized spacial score (nSPS) is 14.7. The number of carbonyl (C=O) groups excluding carboxylic acids is 1. The Morgan fingerprint density at radius 3 is 2.59 bits per heavy atom. The number of rotatable bonds is 5. The minimum Gasteiger partial charge on any atom is -0.493 e. The van der Waals surface area contributed by atoms with E-state index in [2.05, 4.69) is 48.5 Å². The Morgan fingerprint density at radius 2 is 1.79 bits per heavy atom. The van der Waals surface area contributed by atoms with Gasteiger partial charge in [-0.3, -0.25) is 4.79 Å². The quantitative estimate of drug-likeness (QED) is 0.296. The Morgan fingerprint density at radius 1 is 1.03 bits per heavy atom. The number of nitrogens with zero attached hydrogens (tertiary/aromatic N) is 1. The molecular formula is C30H31NO3. The van der Waals surface area contributed by atoms with Crippen molar-refractivity contribution in [3.63, 3.8) is 0 Å². The van der Waals surface area contributed by atoms with Crippen molar-refractivity contribution in [1.82, 2.24) is 4.90 Å². The minimum absolute atomic E-state index is 0.0823. The van der Waals surface area contributed by atoms with Crippen LogP contribution in [0.2, 0.25) is 0 Å². The Hall–Kier alpha value is -3.53. The Balaban J connectivity index is 1.66. The summed E-state index contributed by atoms with van der Waals surface area (Å²) in [6.07, 6.45) is 6.98. The lowest BCUT2D eigenvalue weighted by molar-refractivity contribution is -0.126. The maximum absolute atomic E-state index is 13.0. The van der Waals surface area contributed by atoms with Crippen LogP contribution in [0.4, 0.5) is 0 Å². The van der Waals surface area contributed by atoms with Crippen LogP contribution in [0.15, 0.2) is 65.3 Å². The average Bonchev–Trinajstić information content (AvgIpc) is 3.30. The molecular weight excluding hydrogens is 422 g/mol. The fourth-order valence-electron chi connectivity index (χ4n) is 5.08. The zero-order valence-electron chi connectivity index (χ0n) is 20.2. The molecule has 4 nitrogen and oxygen atoms in total. The second kappa shape index (κ2) is 9.38. The smallest absolute Gasteiger partial charge is 0.246 e. The van der Waals surface area contributed by atoms with Gasteiger partial charge in [-0.1, -0.05) is 42.5 Å². The molecule has 0 spiro atoms. The van der Waals surface area contributed by atoms with Gasteiger partial charge in [0.05, 0.1) is 12.9 Å². The number of amides is 1. The molecule has 2 heterocycles. The fourth-order valence-corrected chi connectivity index (χ4v) is 5.08. The first kappa shape index (κ1) is 22.3. The Bertz CT molecular complexity index is 1380. The number of hydrogen-bond donors (Lipinski definition) is 0. The topological polar surface area (TPSA) is 42.7 Å². The third-order valence-corrected chi connectivity index (χ3v) is 6.84. The second-order valence-corrected chi connectivity index (χ2v) is 9.08. The predicted molar refractivity (Wildman–Crippen MR) is 139 cm³/mol. The van der Waals surface area contributed by atoms with Gasteiger partial charge in [-0.05, 0) is 68.0 Å². The van der Waals surface area contributed by atoms with Gasteiger partial charge in [-0.2, -0.15) is 0 Å². The molecule has 4 aromatic rings. The lowest BCUT2D eigenvalue weighted by Gasteiger charge is -2.25. The molecule has 0 saturated carbocycles. The number of likely N-dealkylation sites (tertiary alicyclic amines) is 1. The molecule has 1 amide bonds. The van der Waals surface area contributed by atoms with Crippen LogP contribution in [-0.2, 0) is 4.79 Å². The van der Waals surface area contributed by atoms with Crippen LogP contribution < -0.4 is 4.74 Å². The molecule has 0 radical (unpaired) electrons. The summed E-state index contributed by atoms with van der Waals surface area (Å²) < 4.78 is 12.2. The highest BCUT2D eigenvalue weighted by Crippen LogP contribution is 2.42. The van der Waals surface area contributed by atoms with E-state index in [9.17, 15) is 4.79 Å². The van der Waals surface area contributed by atoms with Crippen molar-refractivity contribution in [3.8, 4) is 16.9 Å². The molecule has 174 valence electrons. The van der Waals surface area contributed by atoms with E-state index in [1.165, 1.54) is 17.2 Å². The number of benzene rings is 3. The highest BCUT2D eigenvalue weighted by atomic mass is 16.5. The number of hydrogen-bond acceptors (Lipinski definition) is 3. The van der Waals surface area contributed by atoms with Crippen LogP contribution in [0.25, 0.3) is 38.4 Å². The van der Waals surface area contributed by atoms with Crippen LogP contribution in [0.1, 0.15) is 44.2 Å². The maximum atomic E-state index is 13.0. The lowest BCUT2D eigenvalue weighted by atomic mass is 9.94. The van der Waals surface area contributed by atoms with E-state index in [-0.39, 0.29) is 5.91 Å². The summed E-state index contributed by atoms with van der Waals surface area (Å²) in [5, 5.41) is 3.42. The minimum atomic E-state index is 0.0823. The van der Waals surface area contributed by atoms with Gasteiger partial charge >= 0.3 is 0 Å². The molecule has 1 aromatic heterocycles. The number of fused-ring (bicyclic) bond motifs is 2. The van der Waals surface area contributed by atoms with E-state index < -0.39 is 0 Å². The highest BCUT2D eigenvalue weighted by molar-refractivity contribution is 6.07. The number of aryl methyl sites for hydroxylation is 1. The van der Waals surface area contributed by atoms with Crippen molar-refractivity contribution in [3.05, 3.63) is 72.0 Å². The van der Waals surface area contributed by atoms with E-state index in [1.54, 1.807) is 6.08 Å². The number of allylic oxidation sites excluding steroid dienone is 1. The molecule has 1 saturated heterocycles. The van der Waals surface area contributed by atoms with Gasteiger partial charge in [-0.25, -0.2) is 0 Å². The van der Waals surface area contributed by atoms with Gasteiger partial charge in [0.2, 0.25) is 5.91 Å². The van der Waals surface area contributed by atoms with Crippen LogP contribution in [0, 0.1) is 6.92 Å². The highest BCUT2D eigenvalue weighted by Gasteiger charge is 2.21. The van der Waals surface area contributed by atoms with E-state index in [0.29, 0.717) is 6.61 Å². The molecule has 5 rings (SSSR count). The zero-order chi connectivity index (χ0) is 23.7. The second-order valence-electron chi connectivity index (χ2n) is 9.08. The number of carbonyl (C=O) groups is 1. The maximum Gasteiger partial charge on any atom is 0.246 e. The molecule has 0 bridgehead atoms. The van der Waals surface area contributed by atoms with E-state index >= 15 is 0 Å². The van der Waals surface area contributed by atoms with Crippen LogP contribution in [-0.4, -0.2) is 30.5 Å². The third kappa shape index (κ3) is 3.98. The molecule has 0 unspecified atom stereocenters. The van der Waals surface area contributed by atoms with E-state index in [0.717, 1.165) is 70.5 Å². The van der Waals surface area contributed by atoms with Crippen molar-refractivity contribution >= 4 is 33.2 Å². The predicted octanol–water partition coefficient (Wildman–Crippen LogP) is 7.38. The summed E-state index contributed by atoms with van der Waals surface area (Å²) >= 11 is 0. The molecule has 1 aliphatic heterocycles. The molecule has 0 aliphatic carbocycles. The molecule has 0 atom stereocenters. The number of piperidine rings is 1. The monoisotopic (exact) mass is 453 g/mol. The van der Waals surface area contributed by atoms with Crippen molar-refractivity contribution < 1.29 is 13.9 Å². The summed E-state index contributed by atoms with van der Waals surface area (Å²) in [5.74, 6) is 0.868. The average molecular weight is 454 g/mol. The molecule has 1 aliphatic rings. The fraction of sp³-hybridized carbons (Fsp3) is 0.300. The van der Waals surface area contributed by atoms with Crippen LogP contribution in [0.3, 0.4) is 0 Å². The first-order chi connectivity index (χ1) is 16.6. The van der Waals surface area contributed by atoms with Crippen LogP contribution in [0.5, 0.6) is 5.75 Å². The first-order valence-corrected chi connectivity index (χ1v) is 12.2. The van der Waals surface area contributed by atoms with Gasteiger partial charge in [0.25, 0.3) is 0 Å². The number of ether oxygens (including phenoxy) is 1. The molecule has 4 heteroatoms. The summed E-state index contributed by atoms with van der Waals surface area (Å²) in [5.41, 5.74) is 5.82. The van der Waals surface area contributed by atoms with Gasteiger partial charge in [0.15, 0.2) is 0 Å². The van der Waals surface area contributed by atoms with Crippen molar-refractivity contribution in [2.45, 2.75) is 40.0 Å². The summed E-state index contributed by atoms with van der Waals surface area (Å²) in [6, 6.07) is 16.9. The van der Waals surface area contributed by atoms with Gasteiger partial charge in [0, 0.05) is 41.2 Å². The summed E-state index contributed by atoms with van der Waals surface area (Å²) in [7, 11) is 0. The van der Waals surface area contributed by atoms with Gasteiger partial charge in [-0.15, -0.1) is 0 Å². The largest absolute Gasteiger partial charge is 0.493 e. The molecule has 0 N–H and O–H groups in total. The summed E-state index contributed by atoms with van der Waals surface area (Å²) in [6.45, 7) is 8.24.